The Balaban J connectivity index is 1.64. The molecule has 1 aromatic rings. The van der Waals surface area contributed by atoms with Gasteiger partial charge in [-0.25, -0.2) is 0 Å². The van der Waals surface area contributed by atoms with Crippen LogP contribution in [0, 0.1) is 0 Å². The van der Waals surface area contributed by atoms with E-state index in [2.05, 4.69) is 34.5 Å². The second kappa shape index (κ2) is 7.48. The van der Waals surface area contributed by atoms with Gasteiger partial charge >= 0.3 is 0 Å². The molecule has 4 nitrogen and oxygen atoms in total. The number of nitrogens with zero attached hydrogens (tertiary/aromatic N) is 1. The summed E-state index contributed by atoms with van der Waals surface area (Å²) in [4.78, 5) is 2.41. The van der Waals surface area contributed by atoms with Crippen molar-refractivity contribution in [3.05, 3.63) is 30.3 Å². The zero-order valence-electron chi connectivity index (χ0n) is 11.8. The van der Waals surface area contributed by atoms with Crippen molar-refractivity contribution >= 4 is 5.69 Å². The number of para-hydroxylation sites is 1. The normalized spacial score (nSPS) is 23.7. The number of methoxy groups -OCH3 is 2. The van der Waals surface area contributed by atoms with Gasteiger partial charge in [0, 0.05) is 46.1 Å². The van der Waals surface area contributed by atoms with E-state index in [0.717, 1.165) is 32.6 Å². The number of anilines is 1. The van der Waals surface area contributed by atoms with Crippen LogP contribution in [0.2, 0.25) is 0 Å². The van der Waals surface area contributed by atoms with Crippen LogP contribution in [-0.2, 0) is 9.47 Å². The van der Waals surface area contributed by atoms with Crippen molar-refractivity contribution in [1.29, 1.82) is 0 Å². The number of hydrogen-bond donors (Lipinski definition) is 1. The van der Waals surface area contributed by atoms with Crippen LogP contribution in [0.1, 0.15) is 6.42 Å². The lowest BCUT2D eigenvalue weighted by molar-refractivity contribution is -0.00461. The SMILES string of the molecule is COC1CN(CCCNc2ccccc2)CC1OC. The van der Waals surface area contributed by atoms with Crippen molar-refractivity contribution < 1.29 is 9.47 Å². The van der Waals surface area contributed by atoms with E-state index in [-0.39, 0.29) is 12.2 Å². The maximum atomic E-state index is 5.44. The van der Waals surface area contributed by atoms with Crippen molar-refractivity contribution in [2.75, 3.05) is 45.7 Å². The summed E-state index contributed by atoms with van der Waals surface area (Å²) in [6.07, 6.45) is 1.56. The molecule has 1 aliphatic rings. The molecule has 4 heteroatoms. The first-order chi connectivity index (χ1) is 9.33. The highest BCUT2D eigenvalue weighted by molar-refractivity contribution is 5.42. The molecule has 0 aliphatic carbocycles. The van der Waals surface area contributed by atoms with Gasteiger partial charge < -0.3 is 14.8 Å². The first-order valence-corrected chi connectivity index (χ1v) is 6.90. The summed E-state index contributed by atoms with van der Waals surface area (Å²) in [5.41, 5.74) is 1.19. The van der Waals surface area contributed by atoms with Gasteiger partial charge in [-0.05, 0) is 18.6 Å². The molecule has 106 valence electrons. The van der Waals surface area contributed by atoms with Crippen LogP contribution >= 0.6 is 0 Å². The quantitative estimate of drug-likeness (QED) is 0.762. The van der Waals surface area contributed by atoms with Crippen LogP contribution in [0.4, 0.5) is 5.69 Å². The number of nitrogens with one attached hydrogen (secondary N) is 1. The lowest BCUT2D eigenvalue weighted by Crippen LogP contribution is -2.27. The van der Waals surface area contributed by atoms with Gasteiger partial charge in [0.1, 0.15) is 0 Å². The molecule has 0 radical (unpaired) electrons. The zero-order chi connectivity index (χ0) is 13.5. The molecular weight excluding hydrogens is 240 g/mol. The Morgan fingerprint density at radius 2 is 1.74 bits per heavy atom. The van der Waals surface area contributed by atoms with Crippen LogP contribution in [-0.4, -0.2) is 57.5 Å². The minimum absolute atomic E-state index is 0.215. The molecule has 1 saturated heterocycles. The summed E-state index contributed by atoms with van der Waals surface area (Å²) in [7, 11) is 3.52. The molecule has 0 saturated carbocycles. The van der Waals surface area contributed by atoms with E-state index in [1.165, 1.54) is 5.69 Å². The lowest BCUT2D eigenvalue weighted by atomic mass is 10.3. The Morgan fingerprint density at radius 3 is 2.32 bits per heavy atom. The maximum Gasteiger partial charge on any atom is 0.0971 e. The molecule has 1 aliphatic heterocycles. The van der Waals surface area contributed by atoms with Gasteiger partial charge in [0.2, 0.25) is 0 Å². The highest BCUT2D eigenvalue weighted by Crippen LogP contribution is 2.15. The van der Waals surface area contributed by atoms with Crippen LogP contribution in [0.25, 0.3) is 0 Å². The summed E-state index contributed by atoms with van der Waals surface area (Å²) in [5.74, 6) is 0. The van der Waals surface area contributed by atoms with Crippen LogP contribution in [0.3, 0.4) is 0 Å². The van der Waals surface area contributed by atoms with E-state index in [1.54, 1.807) is 14.2 Å². The number of hydrogen-bond acceptors (Lipinski definition) is 4. The Labute approximate surface area is 115 Å². The van der Waals surface area contributed by atoms with E-state index in [0.29, 0.717) is 0 Å². The Morgan fingerprint density at radius 1 is 1.11 bits per heavy atom. The van der Waals surface area contributed by atoms with E-state index in [1.807, 2.05) is 6.07 Å². The highest BCUT2D eigenvalue weighted by atomic mass is 16.5. The third-order valence-corrected chi connectivity index (χ3v) is 3.65. The Kier molecular flexibility index (Phi) is 5.63. The number of rotatable bonds is 7. The molecule has 0 amide bonds. The smallest absolute Gasteiger partial charge is 0.0971 e. The molecule has 0 aromatic heterocycles. The summed E-state index contributed by atoms with van der Waals surface area (Å²) in [5, 5.41) is 3.43. The molecule has 1 heterocycles. The average molecular weight is 264 g/mol. The highest BCUT2D eigenvalue weighted by Gasteiger charge is 2.32. The summed E-state index contributed by atoms with van der Waals surface area (Å²) in [6, 6.07) is 10.3. The molecule has 2 atom stereocenters. The fraction of sp³-hybridized carbons (Fsp3) is 0.600. The third-order valence-electron chi connectivity index (χ3n) is 3.65. The van der Waals surface area contributed by atoms with E-state index in [4.69, 9.17) is 9.47 Å². The molecular formula is C15H24N2O2. The van der Waals surface area contributed by atoms with Crippen molar-refractivity contribution in [2.24, 2.45) is 0 Å². The second-order valence-corrected chi connectivity index (χ2v) is 4.95. The first kappa shape index (κ1) is 14.3. The lowest BCUT2D eigenvalue weighted by Gasteiger charge is -2.15. The molecule has 1 N–H and O–H groups in total. The van der Waals surface area contributed by atoms with Crippen molar-refractivity contribution in [1.82, 2.24) is 4.90 Å². The van der Waals surface area contributed by atoms with Gasteiger partial charge in [-0.1, -0.05) is 18.2 Å². The molecule has 0 spiro atoms. The van der Waals surface area contributed by atoms with Crippen molar-refractivity contribution in [3.8, 4) is 0 Å². The zero-order valence-corrected chi connectivity index (χ0v) is 11.8. The molecule has 19 heavy (non-hydrogen) atoms. The van der Waals surface area contributed by atoms with Crippen molar-refractivity contribution in [2.45, 2.75) is 18.6 Å². The fourth-order valence-electron chi connectivity index (χ4n) is 2.55. The minimum atomic E-state index is 0.215. The van der Waals surface area contributed by atoms with E-state index >= 15 is 0 Å². The predicted octanol–water partition coefficient (Wildman–Crippen LogP) is 1.83. The topological polar surface area (TPSA) is 33.7 Å². The fourth-order valence-corrected chi connectivity index (χ4v) is 2.55. The average Bonchev–Trinajstić information content (AvgIpc) is 2.87. The van der Waals surface area contributed by atoms with Gasteiger partial charge in [-0.15, -0.1) is 0 Å². The van der Waals surface area contributed by atoms with Crippen molar-refractivity contribution in [3.63, 3.8) is 0 Å². The van der Waals surface area contributed by atoms with Crippen LogP contribution < -0.4 is 5.32 Å². The maximum absolute atomic E-state index is 5.44. The van der Waals surface area contributed by atoms with Gasteiger partial charge in [0.05, 0.1) is 12.2 Å². The third kappa shape index (κ3) is 4.20. The van der Waals surface area contributed by atoms with Crippen LogP contribution in [0.15, 0.2) is 30.3 Å². The summed E-state index contributed by atoms with van der Waals surface area (Å²) >= 11 is 0. The molecule has 0 bridgehead atoms. The summed E-state index contributed by atoms with van der Waals surface area (Å²) in [6.45, 7) is 4.02. The van der Waals surface area contributed by atoms with Gasteiger partial charge in [-0.3, -0.25) is 4.90 Å². The van der Waals surface area contributed by atoms with Crippen LogP contribution in [0.5, 0.6) is 0 Å². The number of benzene rings is 1. The Bertz CT molecular complexity index is 346. The van der Waals surface area contributed by atoms with Gasteiger partial charge in [0.15, 0.2) is 0 Å². The largest absolute Gasteiger partial charge is 0.385 e. The minimum Gasteiger partial charge on any atom is -0.385 e. The van der Waals surface area contributed by atoms with E-state index < -0.39 is 0 Å². The standard InChI is InChI=1S/C15H24N2O2/c1-18-14-11-17(12-15(14)19-2)10-6-9-16-13-7-4-3-5-8-13/h3-5,7-8,14-16H,6,9-12H2,1-2H3. The molecule has 1 fully saturated rings. The monoisotopic (exact) mass is 264 g/mol. The predicted molar refractivity (Wildman–Crippen MR) is 77.6 cm³/mol. The number of likely N-dealkylation sites (tertiary alicyclic amines) is 1. The van der Waals surface area contributed by atoms with Gasteiger partial charge in [0.25, 0.3) is 0 Å². The molecule has 2 rings (SSSR count). The Hall–Kier alpha value is -1.10. The first-order valence-electron chi connectivity index (χ1n) is 6.90. The van der Waals surface area contributed by atoms with Gasteiger partial charge in [-0.2, -0.15) is 0 Å². The second-order valence-electron chi connectivity index (χ2n) is 4.95. The van der Waals surface area contributed by atoms with E-state index in [9.17, 15) is 0 Å². The summed E-state index contributed by atoms with van der Waals surface area (Å²) < 4.78 is 10.9. The molecule has 2 unspecified atom stereocenters. The molecule has 1 aromatic carbocycles. The number of ether oxygens (including phenoxy) is 2.